The maximum atomic E-state index is 13.2. The van der Waals surface area contributed by atoms with E-state index < -0.39 is 0 Å². The molecule has 0 saturated heterocycles. The SMILES string of the molecule is CCC(NC)c1nnc(-c2cc3ccc(F)cc3s2)o1. The number of halogens is 1. The highest BCUT2D eigenvalue weighted by atomic mass is 32.1. The van der Waals surface area contributed by atoms with E-state index in [9.17, 15) is 4.39 Å². The highest BCUT2D eigenvalue weighted by Crippen LogP contribution is 2.33. The number of nitrogens with one attached hydrogen (secondary N) is 1. The zero-order chi connectivity index (χ0) is 14.1. The standard InChI is InChI=1S/C14H14FN3OS/c1-3-10(16-2)13-17-18-14(19-13)12-6-8-4-5-9(15)7-11(8)20-12/h4-7,10,16H,3H2,1-2H3. The number of hydrogen-bond acceptors (Lipinski definition) is 5. The van der Waals surface area contributed by atoms with E-state index in [0.717, 1.165) is 21.4 Å². The third-order valence-electron chi connectivity index (χ3n) is 3.19. The van der Waals surface area contributed by atoms with Crippen LogP contribution < -0.4 is 5.32 Å². The zero-order valence-electron chi connectivity index (χ0n) is 11.2. The first-order valence-corrected chi connectivity index (χ1v) is 7.23. The van der Waals surface area contributed by atoms with Crippen LogP contribution in [0.1, 0.15) is 25.3 Å². The Morgan fingerprint density at radius 1 is 1.35 bits per heavy atom. The fourth-order valence-electron chi connectivity index (χ4n) is 2.09. The monoisotopic (exact) mass is 291 g/mol. The van der Waals surface area contributed by atoms with Gasteiger partial charge in [0.1, 0.15) is 5.82 Å². The number of thiophene rings is 1. The van der Waals surface area contributed by atoms with Gasteiger partial charge in [0.15, 0.2) is 0 Å². The predicted molar refractivity (Wildman–Crippen MR) is 77.2 cm³/mol. The first-order valence-electron chi connectivity index (χ1n) is 6.41. The van der Waals surface area contributed by atoms with Crippen LogP contribution in [-0.4, -0.2) is 17.2 Å². The van der Waals surface area contributed by atoms with Crippen LogP contribution in [0.5, 0.6) is 0 Å². The van der Waals surface area contributed by atoms with Gasteiger partial charge in [0.25, 0.3) is 5.89 Å². The lowest BCUT2D eigenvalue weighted by Crippen LogP contribution is -2.15. The number of nitrogens with zero attached hydrogens (tertiary/aromatic N) is 2. The van der Waals surface area contributed by atoms with Gasteiger partial charge in [-0.3, -0.25) is 0 Å². The molecular formula is C14H14FN3OS. The van der Waals surface area contributed by atoms with Crippen LogP contribution in [0, 0.1) is 5.82 Å². The van der Waals surface area contributed by atoms with Gasteiger partial charge < -0.3 is 9.73 Å². The Morgan fingerprint density at radius 3 is 2.95 bits per heavy atom. The van der Waals surface area contributed by atoms with Crippen molar-refractivity contribution in [1.29, 1.82) is 0 Å². The molecule has 3 aromatic rings. The van der Waals surface area contributed by atoms with Crippen LogP contribution in [0.4, 0.5) is 4.39 Å². The largest absolute Gasteiger partial charge is 0.418 e. The summed E-state index contributed by atoms with van der Waals surface area (Å²) in [6, 6.07) is 6.72. The minimum absolute atomic E-state index is 0.0584. The fraction of sp³-hybridized carbons (Fsp3) is 0.286. The lowest BCUT2D eigenvalue weighted by atomic mass is 10.2. The van der Waals surface area contributed by atoms with Crippen molar-refractivity contribution in [2.75, 3.05) is 7.05 Å². The molecule has 104 valence electrons. The maximum Gasteiger partial charge on any atom is 0.257 e. The number of fused-ring (bicyclic) bond motifs is 1. The first-order chi connectivity index (χ1) is 9.71. The van der Waals surface area contributed by atoms with Gasteiger partial charge in [0.05, 0.1) is 10.9 Å². The molecule has 20 heavy (non-hydrogen) atoms. The summed E-state index contributed by atoms with van der Waals surface area (Å²) < 4.78 is 19.8. The van der Waals surface area contributed by atoms with Crippen molar-refractivity contribution in [1.82, 2.24) is 15.5 Å². The summed E-state index contributed by atoms with van der Waals surface area (Å²) in [5.41, 5.74) is 0. The van der Waals surface area contributed by atoms with Gasteiger partial charge in [0, 0.05) is 4.70 Å². The average Bonchev–Trinajstić information content (AvgIpc) is 3.06. The van der Waals surface area contributed by atoms with E-state index in [2.05, 4.69) is 15.5 Å². The number of rotatable bonds is 4. The molecule has 4 nitrogen and oxygen atoms in total. The van der Waals surface area contributed by atoms with E-state index in [1.165, 1.54) is 23.5 Å². The van der Waals surface area contributed by atoms with Gasteiger partial charge in [-0.1, -0.05) is 13.0 Å². The van der Waals surface area contributed by atoms with Gasteiger partial charge in [-0.25, -0.2) is 4.39 Å². The molecule has 2 aromatic heterocycles. The van der Waals surface area contributed by atoms with Crippen molar-refractivity contribution in [3.63, 3.8) is 0 Å². The van der Waals surface area contributed by atoms with Crippen molar-refractivity contribution >= 4 is 21.4 Å². The van der Waals surface area contributed by atoms with Crippen molar-refractivity contribution < 1.29 is 8.81 Å². The molecule has 0 fully saturated rings. The molecule has 2 heterocycles. The molecule has 0 aliphatic carbocycles. The highest BCUT2D eigenvalue weighted by molar-refractivity contribution is 7.22. The zero-order valence-corrected chi connectivity index (χ0v) is 12.0. The van der Waals surface area contributed by atoms with E-state index in [1.54, 1.807) is 6.07 Å². The summed E-state index contributed by atoms with van der Waals surface area (Å²) in [4.78, 5) is 0.857. The number of benzene rings is 1. The van der Waals surface area contributed by atoms with E-state index in [0.29, 0.717) is 11.8 Å². The van der Waals surface area contributed by atoms with Crippen LogP contribution in [0.15, 0.2) is 28.7 Å². The molecule has 1 N–H and O–H groups in total. The van der Waals surface area contributed by atoms with Crippen molar-refractivity contribution in [3.05, 3.63) is 36.0 Å². The third-order valence-corrected chi connectivity index (χ3v) is 4.27. The molecule has 0 aliphatic rings. The van der Waals surface area contributed by atoms with Crippen molar-refractivity contribution in [2.45, 2.75) is 19.4 Å². The minimum Gasteiger partial charge on any atom is -0.418 e. The number of hydrogen-bond donors (Lipinski definition) is 1. The topological polar surface area (TPSA) is 51.0 Å². The Morgan fingerprint density at radius 2 is 2.20 bits per heavy atom. The summed E-state index contributed by atoms with van der Waals surface area (Å²) in [5.74, 6) is 0.822. The molecule has 1 aromatic carbocycles. The Kier molecular flexibility index (Phi) is 3.50. The quantitative estimate of drug-likeness (QED) is 0.795. The Bertz CT molecular complexity index is 733. The molecule has 0 radical (unpaired) electrons. The van der Waals surface area contributed by atoms with Gasteiger partial charge >= 0.3 is 0 Å². The minimum atomic E-state index is -0.238. The molecule has 0 bridgehead atoms. The lowest BCUT2D eigenvalue weighted by molar-refractivity contribution is 0.415. The molecule has 3 rings (SSSR count). The summed E-state index contributed by atoms with van der Waals surface area (Å²) in [7, 11) is 1.86. The van der Waals surface area contributed by atoms with Crippen LogP contribution in [0.25, 0.3) is 20.9 Å². The smallest absolute Gasteiger partial charge is 0.257 e. The van der Waals surface area contributed by atoms with Crippen molar-refractivity contribution in [3.8, 4) is 10.8 Å². The Balaban J connectivity index is 1.98. The van der Waals surface area contributed by atoms with E-state index in [4.69, 9.17) is 4.42 Å². The molecule has 0 saturated carbocycles. The normalized spacial score (nSPS) is 12.9. The summed E-state index contributed by atoms with van der Waals surface area (Å²) >= 11 is 1.45. The maximum absolute atomic E-state index is 13.2. The van der Waals surface area contributed by atoms with E-state index in [-0.39, 0.29) is 11.9 Å². The van der Waals surface area contributed by atoms with Gasteiger partial charge in [-0.2, -0.15) is 0 Å². The summed E-state index contributed by atoms with van der Waals surface area (Å²) in [5, 5.41) is 12.3. The van der Waals surface area contributed by atoms with Crippen LogP contribution in [0.3, 0.4) is 0 Å². The van der Waals surface area contributed by atoms with Crippen LogP contribution in [0.2, 0.25) is 0 Å². The molecule has 1 atom stereocenters. The lowest BCUT2D eigenvalue weighted by Gasteiger charge is -2.06. The van der Waals surface area contributed by atoms with E-state index in [1.807, 2.05) is 20.0 Å². The highest BCUT2D eigenvalue weighted by Gasteiger charge is 2.17. The first kappa shape index (κ1) is 13.2. The van der Waals surface area contributed by atoms with Gasteiger partial charge in [-0.15, -0.1) is 21.5 Å². The second-order valence-corrected chi connectivity index (χ2v) is 5.57. The third kappa shape index (κ3) is 2.32. The van der Waals surface area contributed by atoms with Crippen LogP contribution >= 0.6 is 11.3 Å². The second-order valence-electron chi connectivity index (χ2n) is 4.49. The molecule has 0 aliphatic heterocycles. The van der Waals surface area contributed by atoms with Gasteiger partial charge in [0.2, 0.25) is 5.89 Å². The summed E-state index contributed by atoms with van der Waals surface area (Å²) in [6.45, 7) is 2.05. The predicted octanol–water partition coefficient (Wildman–Crippen LogP) is 3.76. The fourth-order valence-corrected chi connectivity index (χ4v) is 3.10. The Labute approximate surface area is 119 Å². The average molecular weight is 291 g/mol. The molecule has 0 amide bonds. The second kappa shape index (κ2) is 5.30. The van der Waals surface area contributed by atoms with Crippen LogP contribution in [-0.2, 0) is 0 Å². The van der Waals surface area contributed by atoms with Gasteiger partial charge in [-0.05, 0) is 37.1 Å². The number of aromatic nitrogens is 2. The Hall–Kier alpha value is -1.79. The molecule has 1 unspecified atom stereocenters. The van der Waals surface area contributed by atoms with Crippen molar-refractivity contribution in [2.24, 2.45) is 0 Å². The molecular weight excluding hydrogens is 277 g/mol. The summed E-state index contributed by atoms with van der Waals surface area (Å²) in [6.07, 6.45) is 0.871. The molecule has 0 spiro atoms. The van der Waals surface area contributed by atoms with E-state index >= 15 is 0 Å². The molecule has 6 heteroatoms.